The standard InChI is InChI=1S/C13H12N2O3/c1-17-12-7-2-9(14)8-13(12)18-11-5-3-10(15-16)4-6-11/h2-8H,14H2,1H3. The molecule has 18 heavy (non-hydrogen) atoms. The number of benzene rings is 2. The average Bonchev–Trinajstić information content (AvgIpc) is 2.40. The van der Waals surface area contributed by atoms with E-state index in [-0.39, 0.29) is 0 Å². The normalized spacial score (nSPS) is 9.83. The molecule has 0 saturated carbocycles. The highest BCUT2D eigenvalue weighted by Crippen LogP contribution is 2.33. The number of nitrogens with two attached hydrogens (primary N) is 1. The molecule has 5 heteroatoms. The van der Waals surface area contributed by atoms with E-state index in [4.69, 9.17) is 15.2 Å². The van der Waals surface area contributed by atoms with Crippen LogP contribution in [-0.4, -0.2) is 7.11 Å². The minimum atomic E-state index is 0.349. The Bertz CT molecular complexity index is 553. The Hall–Kier alpha value is -2.56. The van der Waals surface area contributed by atoms with Gasteiger partial charge in [0, 0.05) is 11.8 Å². The number of hydrogen-bond donors (Lipinski definition) is 1. The number of anilines is 1. The van der Waals surface area contributed by atoms with Crippen LogP contribution in [0.3, 0.4) is 0 Å². The second kappa shape index (κ2) is 5.18. The van der Waals surface area contributed by atoms with E-state index in [9.17, 15) is 4.91 Å². The topological polar surface area (TPSA) is 73.9 Å². The fraction of sp³-hybridized carbons (Fsp3) is 0.0769. The molecule has 0 unspecified atom stereocenters. The fourth-order valence-corrected chi connectivity index (χ4v) is 1.48. The summed E-state index contributed by atoms with van der Waals surface area (Å²) in [6, 6.07) is 11.6. The summed E-state index contributed by atoms with van der Waals surface area (Å²) in [5, 5.41) is 2.82. The van der Waals surface area contributed by atoms with Gasteiger partial charge in [-0.1, -0.05) is 0 Å². The lowest BCUT2D eigenvalue weighted by Crippen LogP contribution is -1.92. The summed E-state index contributed by atoms with van der Waals surface area (Å²) in [4.78, 5) is 10.3. The Morgan fingerprint density at radius 2 is 1.78 bits per heavy atom. The highest BCUT2D eigenvalue weighted by molar-refractivity contribution is 5.53. The van der Waals surface area contributed by atoms with Crippen LogP contribution in [0.25, 0.3) is 0 Å². The smallest absolute Gasteiger partial charge is 0.171 e. The first kappa shape index (κ1) is 11.9. The lowest BCUT2D eigenvalue weighted by atomic mass is 10.2. The molecule has 0 aliphatic heterocycles. The van der Waals surface area contributed by atoms with Gasteiger partial charge in [0.1, 0.15) is 11.4 Å². The van der Waals surface area contributed by atoms with Crippen LogP contribution in [0.1, 0.15) is 0 Å². The van der Waals surface area contributed by atoms with Gasteiger partial charge < -0.3 is 15.2 Å². The summed E-state index contributed by atoms with van der Waals surface area (Å²) in [7, 11) is 1.55. The van der Waals surface area contributed by atoms with Gasteiger partial charge in [-0.25, -0.2) is 0 Å². The lowest BCUT2D eigenvalue weighted by molar-refractivity contribution is 0.379. The number of hydrogen-bond acceptors (Lipinski definition) is 5. The first-order valence-electron chi connectivity index (χ1n) is 5.27. The Kier molecular flexibility index (Phi) is 3.43. The first-order valence-corrected chi connectivity index (χ1v) is 5.27. The Labute approximate surface area is 104 Å². The van der Waals surface area contributed by atoms with Gasteiger partial charge in [0.05, 0.1) is 7.11 Å². The van der Waals surface area contributed by atoms with Gasteiger partial charge >= 0.3 is 0 Å². The monoisotopic (exact) mass is 244 g/mol. The average molecular weight is 244 g/mol. The van der Waals surface area contributed by atoms with Crippen molar-refractivity contribution in [3.05, 3.63) is 47.4 Å². The molecule has 0 atom stereocenters. The molecule has 0 amide bonds. The van der Waals surface area contributed by atoms with Crippen molar-refractivity contribution in [2.45, 2.75) is 0 Å². The van der Waals surface area contributed by atoms with Crippen molar-refractivity contribution in [3.63, 3.8) is 0 Å². The first-order chi connectivity index (χ1) is 8.72. The maximum atomic E-state index is 10.3. The Morgan fingerprint density at radius 3 is 2.39 bits per heavy atom. The molecule has 92 valence electrons. The summed E-state index contributed by atoms with van der Waals surface area (Å²) >= 11 is 0. The Balaban J connectivity index is 2.26. The number of nitrogen functional groups attached to an aromatic ring is 1. The van der Waals surface area contributed by atoms with E-state index in [2.05, 4.69) is 5.18 Å². The molecule has 0 spiro atoms. The summed E-state index contributed by atoms with van der Waals surface area (Å²) in [5.74, 6) is 1.68. The number of methoxy groups -OCH3 is 1. The summed E-state index contributed by atoms with van der Waals surface area (Å²) < 4.78 is 10.8. The zero-order valence-electron chi connectivity index (χ0n) is 9.79. The Morgan fingerprint density at radius 1 is 1.06 bits per heavy atom. The largest absolute Gasteiger partial charge is 0.493 e. The molecule has 2 N–H and O–H groups in total. The zero-order valence-corrected chi connectivity index (χ0v) is 9.79. The zero-order chi connectivity index (χ0) is 13.0. The van der Waals surface area contributed by atoms with Gasteiger partial charge in [0.2, 0.25) is 0 Å². The van der Waals surface area contributed by atoms with Crippen molar-refractivity contribution >= 4 is 11.4 Å². The van der Waals surface area contributed by atoms with Crippen molar-refractivity contribution in [1.82, 2.24) is 0 Å². The molecular formula is C13H12N2O3. The van der Waals surface area contributed by atoms with Gasteiger partial charge in [-0.3, -0.25) is 0 Å². The maximum Gasteiger partial charge on any atom is 0.171 e. The van der Waals surface area contributed by atoms with Gasteiger partial charge in [-0.2, -0.15) is 0 Å². The highest BCUT2D eigenvalue weighted by Gasteiger charge is 2.06. The molecule has 2 aromatic rings. The van der Waals surface area contributed by atoms with Crippen LogP contribution < -0.4 is 15.2 Å². The second-order valence-electron chi connectivity index (χ2n) is 3.60. The minimum Gasteiger partial charge on any atom is -0.493 e. The van der Waals surface area contributed by atoms with Gasteiger partial charge in [0.25, 0.3) is 0 Å². The molecule has 0 bridgehead atoms. The highest BCUT2D eigenvalue weighted by atomic mass is 16.5. The van der Waals surface area contributed by atoms with Crippen molar-refractivity contribution in [2.75, 3.05) is 12.8 Å². The van der Waals surface area contributed by atoms with Crippen LogP contribution in [0.5, 0.6) is 17.2 Å². The summed E-state index contributed by atoms with van der Waals surface area (Å²) in [5.41, 5.74) is 6.62. The minimum absolute atomic E-state index is 0.349. The molecule has 0 aliphatic carbocycles. The number of ether oxygens (including phenoxy) is 2. The second-order valence-corrected chi connectivity index (χ2v) is 3.60. The molecule has 2 rings (SSSR count). The predicted octanol–water partition coefficient (Wildman–Crippen LogP) is 3.47. The number of rotatable bonds is 4. The van der Waals surface area contributed by atoms with Gasteiger partial charge in [-0.05, 0) is 41.6 Å². The molecule has 0 aromatic heterocycles. The lowest BCUT2D eigenvalue weighted by Gasteiger charge is -2.10. The molecular weight excluding hydrogens is 232 g/mol. The fourth-order valence-electron chi connectivity index (χ4n) is 1.48. The predicted molar refractivity (Wildman–Crippen MR) is 69.4 cm³/mol. The number of nitrogens with zero attached hydrogens (tertiary/aromatic N) is 1. The molecule has 5 nitrogen and oxygen atoms in total. The van der Waals surface area contributed by atoms with Crippen molar-refractivity contribution in [1.29, 1.82) is 0 Å². The molecule has 2 aromatic carbocycles. The van der Waals surface area contributed by atoms with Crippen molar-refractivity contribution < 1.29 is 9.47 Å². The summed E-state index contributed by atoms with van der Waals surface area (Å²) in [6.07, 6.45) is 0. The third-order valence-corrected chi connectivity index (χ3v) is 2.36. The van der Waals surface area contributed by atoms with Gasteiger partial charge in [-0.15, -0.1) is 4.91 Å². The van der Waals surface area contributed by atoms with E-state index in [0.717, 1.165) is 0 Å². The third kappa shape index (κ3) is 2.57. The summed E-state index contributed by atoms with van der Waals surface area (Å²) in [6.45, 7) is 0. The van der Waals surface area contributed by atoms with Crippen LogP contribution >= 0.6 is 0 Å². The third-order valence-electron chi connectivity index (χ3n) is 2.36. The van der Waals surface area contributed by atoms with Crippen molar-refractivity contribution in [2.24, 2.45) is 5.18 Å². The number of nitroso groups, excluding NO2 is 1. The molecule has 0 fully saturated rings. The van der Waals surface area contributed by atoms with E-state index < -0.39 is 0 Å². The maximum absolute atomic E-state index is 10.3. The van der Waals surface area contributed by atoms with Crippen LogP contribution in [-0.2, 0) is 0 Å². The van der Waals surface area contributed by atoms with Crippen LogP contribution in [0.2, 0.25) is 0 Å². The molecule has 0 saturated heterocycles. The van der Waals surface area contributed by atoms with Crippen LogP contribution in [0.15, 0.2) is 47.6 Å². The quantitative estimate of drug-likeness (QED) is 0.660. The van der Waals surface area contributed by atoms with E-state index in [1.807, 2.05) is 0 Å². The SMILES string of the molecule is COc1ccc(N)cc1Oc1ccc(N=O)cc1. The van der Waals surface area contributed by atoms with E-state index in [0.29, 0.717) is 28.6 Å². The van der Waals surface area contributed by atoms with Gasteiger partial charge in [0.15, 0.2) is 11.5 Å². The van der Waals surface area contributed by atoms with E-state index >= 15 is 0 Å². The van der Waals surface area contributed by atoms with E-state index in [1.165, 1.54) is 0 Å². The molecule has 0 radical (unpaired) electrons. The van der Waals surface area contributed by atoms with Crippen molar-refractivity contribution in [3.8, 4) is 17.2 Å². The van der Waals surface area contributed by atoms with Crippen LogP contribution in [0, 0.1) is 4.91 Å². The van der Waals surface area contributed by atoms with E-state index in [1.54, 1.807) is 49.6 Å². The van der Waals surface area contributed by atoms with Crippen LogP contribution in [0.4, 0.5) is 11.4 Å². The molecule has 0 heterocycles. The molecule has 0 aliphatic rings.